The van der Waals surface area contributed by atoms with Gasteiger partial charge in [-0.2, -0.15) is 0 Å². The van der Waals surface area contributed by atoms with Crippen molar-refractivity contribution < 1.29 is 4.39 Å². The van der Waals surface area contributed by atoms with Gasteiger partial charge in [0.1, 0.15) is 5.82 Å². The Hall–Kier alpha value is -2.45. The summed E-state index contributed by atoms with van der Waals surface area (Å²) in [6.07, 6.45) is 2.00. The number of rotatable bonds is 8. The molecular weight excluding hydrogens is 321 g/mol. The monoisotopic (exact) mass is 347 g/mol. The zero-order chi connectivity index (χ0) is 18.2. The topological polar surface area (TPSA) is 12.0 Å². The van der Waals surface area contributed by atoms with Crippen LogP contribution in [0.25, 0.3) is 0 Å². The van der Waals surface area contributed by atoms with Crippen molar-refractivity contribution in [2.24, 2.45) is 0 Å². The standard InChI is InChI=1S/C24H26FN/c1-2-24(21-13-15-22(25)16-14-21)26-18-17-23(19-9-5-3-6-10-19)20-11-7-4-8-12-20/h3-16,23-24,26H,2,17-18H2,1H3. The maximum atomic E-state index is 13.2. The van der Waals surface area contributed by atoms with E-state index < -0.39 is 0 Å². The summed E-state index contributed by atoms with van der Waals surface area (Å²) in [6.45, 7) is 3.07. The predicted octanol–water partition coefficient (Wildman–Crippen LogP) is 6.09. The third-order valence-corrected chi connectivity index (χ3v) is 4.91. The van der Waals surface area contributed by atoms with Crippen molar-refractivity contribution in [3.8, 4) is 0 Å². The quantitative estimate of drug-likeness (QED) is 0.520. The molecule has 134 valence electrons. The van der Waals surface area contributed by atoms with Gasteiger partial charge in [0.2, 0.25) is 0 Å². The number of halogens is 1. The molecule has 0 radical (unpaired) electrons. The van der Waals surface area contributed by atoms with E-state index in [2.05, 4.69) is 72.9 Å². The summed E-state index contributed by atoms with van der Waals surface area (Å²) >= 11 is 0. The zero-order valence-electron chi connectivity index (χ0n) is 15.2. The van der Waals surface area contributed by atoms with E-state index >= 15 is 0 Å². The molecule has 1 unspecified atom stereocenters. The number of nitrogens with one attached hydrogen (secondary N) is 1. The van der Waals surface area contributed by atoms with Gasteiger partial charge in [-0.05, 0) is 48.2 Å². The number of benzene rings is 3. The fourth-order valence-electron chi connectivity index (χ4n) is 3.49. The van der Waals surface area contributed by atoms with Crippen molar-refractivity contribution in [1.82, 2.24) is 5.32 Å². The molecule has 0 bridgehead atoms. The summed E-state index contributed by atoms with van der Waals surface area (Å²) in [5, 5.41) is 3.65. The minimum Gasteiger partial charge on any atom is -0.310 e. The van der Waals surface area contributed by atoms with E-state index in [-0.39, 0.29) is 11.9 Å². The average Bonchev–Trinajstić information content (AvgIpc) is 2.70. The van der Waals surface area contributed by atoms with Crippen LogP contribution < -0.4 is 5.32 Å². The fraction of sp³-hybridized carbons (Fsp3) is 0.250. The number of hydrogen-bond acceptors (Lipinski definition) is 1. The lowest BCUT2D eigenvalue weighted by molar-refractivity contribution is 0.498. The average molecular weight is 347 g/mol. The van der Waals surface area contributed by atoms with E-state index in [1.54, 1.807) is 0 Å². The van der Waals surface area contributed by atoms with Crippen molar-refractivity contribution in [2.75, 3.05) is 6.54 Å². The molecule has 0 saturated heterocycles. The molecule has 0 aliphatic carbocycles. The first-order chi connectivity index (χ1) is 12.8. The molecule has 0 aromatic heterocycles. The molecule has 3 aromatic carbocycles. The summed E-state index contributed by atoms with van der Waals surface area (Å²) in [4.78, 5) is 0. The highest BCUT2D eigenvalue weighted by atomic mass is 19.1. The molecule has 0 aliphatic heterocycles. The molecule has 0 saturated carbocycles. The van der Waals surface area contributed by atoms with Crippen LogP contribution >= 0.6 is 0 Å². The van der Waals surface area contributed by atoms with Crippen LogP contribution in [-0.4, -0.2) is 6.54 Å². The van der Waals surface area contributed by atoms with Crippen LogP contribution in [0.4, 0.5) is 4.39 Å². The lowest BCUT2D eigenvalue weighted by Crippen LogP contribution is -2.23. The van der Waals surface area contributed by atoms with Gasteiger partial charge in [-0.15, -0.1) is 0 Å². The third kappa shape index (κ3) is 4.80. The highest BCUT2D eigenvalue weighted by Gasteiger charge is 2.15. The predicted molar refractivity (Wildman–Crippen MR) is 107 cm³/mol. The Morgan fingerprint density at radius 1 is 0.731 bits per heavy atom. The van der Waals surface area contributed by atoms with E-state index in [4.69, 9.17) is 0 Å². The van der Waals surface area contributed by atoms with Crippen LogP contribution in [0.1, 0.15) is 48.4 Å². The second-order valence-electron chi connectivity index (χ2n) is 6.63. The second kappa shape index (κ2) is 9.30. The molecular formula is C24H26FN. The van der Waals surface area contributed by atoms with E-state index in [1.807, 2.05) is 12.1 Å². The van der Waals surface area contributed by atoms with E-state index in [9.17, 15) is 4.39 Å². The minimum absolute atomic E-state index is 0.183. The fourth-order valence-corrected chi connectivity index (χ4v) is 3.49. The third-order valence-electron chi connectivity index (χ3n) is 4.91. The van der Waals surface area contributed by atoms with Gasteiger partial charge in [0, 0.05) is 12.0 Å². The maximum absolute atomic E-state index is 13.2. The Bertz CT molecular complexity index is 729. The van der Waals surface area contributed by atoms with Gasteiger partial charge in [-0.25, -0.2) is 4.39 Å². The Kier molecular flexibility index (Phi) is 6.56. The first kappa shape index (κ1) is 18.3. The summed E-state index contributed by atoms with van der Waals surface area (Å²) in [6, 6.07) is 28.4. The Morgan fingerprint density at radius 3 is 1.77 bits per heavy atom. The molecule has 3 aromatic rings. The smallest absolute Gasteiger partial charge is 0.123 e. The van der Waals surface area contributed by atoms with Crippen LogP contribution in [0, 0.1) is 5.82 Å². The van der Waals surface area contributed by atoms with Crippen molar-refractivity contribution in [2.45, 2.75) is 31.7 Å². The minimum atomic E-state index is -0.183. The summed E-state index contributed by atoms with van der Waals surface area (Å²) in [5.41, 5.74) is 3.83. The second-order valence-corrected chi connectivity index (χ2v) is 6.63. The summed E-state index contributed by atoms with van der Waals surface area (Å²) in [7, 11) is 0. The van der Waals surface area contributed by atoms with Crippen LogP contribution in [0.5, 0.6) is 0 Å². The number of hydrogen-bond donors (Lipinski definition) is 1. The molecule has 0 spiro atoms. The first-order valence-electron chi connectivity index (χ1n) is 9.36. The van der Waals surface area contributed by atoms with Crippen LogP contribution in [-0.2, 0) is 0 Å². The lowest BCUT2D eigenvalue weighted by atomic mass is 9.88. The largest absolute Gasteiger partial charge is 0.310 e. The molecule has 1 nitrogen and oxygen atoms in total. The highest BCUT2D eigenvalue weighted by Crippen LogP contribution is 2.28. The van der Waals surface area contributed by atoms with Gasteiger partial charge in [0.25, 0.3) is 0 Å². The van der Waals surface area contributed by atoms with Crippen molar-refractivity contribution in [3.05, 3.63) is 107 Å². The van der Waals surface area contributed by atoms with Gasteiger partial charge >= 0.3 is 0 Å². The van der Waals surface area contributed by atoms with Gasteiger partial charge in [0.15, 0.2) is 0 Å². The van der Waals surface area contributed by atoms with Crippen molar-refractivity contribution in [1.29, 1.82) is 0 Å². The van der Waals surface area contributed by atoms with Crippen LogP contribution in [0.3, 0.4) is 0 Å². The molecule has 0 fully saturated rings. The van der Waals surface area contributed by atoms with Crippen molar-refractivity contribution in [3.63, 3.8) is 0 Å². The SMILES string of the molecule is CCC(NCCC(c1ccccc1)c1ccccc1)c1ccc(F)cc1. The lowest BCUT2D eigenvalue weighted by Gasteiger charge is -2.22. The molecule has 0 heterocycles. The highest BCUT2D eigenvalue weighted by molar-refractivity contribution is 5.32. The van der Waals surface area contributed by atoms with E-state index in [0.29, 0.717) is 5.92 Å². The molecule has 1 atom stereocenters. The Labute approximate surface area is 155 Å². The molecule has 0 aliphatic rings. The van der Waals surface area contributed by atoms with E-state index in [0.717, 1.165) is 24.9 Å². The zero-order valence-corrected chi connectivity index (χ0v) is 15.2. The molecule has 0 amide bonds. The van der Waals surface area contributed by atoms with Gasteiger partial charge in [-0.1, -0.05) is 79.7 Å². The maximum Gasteiger partial charge on any atom is 0.123 e. The molecule has 3 rings (SSSR count). The van der Waals surface area contributed by atoms with Gasteiger partial charge in [-0.3, -0.25) is 0 Å². The van der Waals surface area contributed by atoms with Crippen LogP contribution in [0.2, 0.25) is 0 Å². The van der Waals surface area contributed by atoms with E-state index in [1.165, 1.54) is 23.3 Å². The summed E-state index contributed by atoms with van der Waals surface area (Å²) < 4.78 is 13.2. The molecule has 1 N–H and O–H groups in total. The Balaban J connectivity index is 1.69. The summed E-state index contributed by atoms with van der Waals surface area (Å²) in [5.74, 6) is 0.187. The normalized spacial score (nSPS) is 12.3. The van der Waals surface area contributed by atoms with Gasteiger partial charge < -0.3 is 5.32 Å². The Morgan fingerprint density at radius 2 is 1.27 bits per heavy atom. The van der Waals surface area contributed by atoms with Crippen LogP contribution in [0.15, 0.2) is 84.9 Å². The molecule has 26 heavy (non-hydrogen) atoms. The van der Waals surface area contributed by atoms with Crippen molar-refractivity contribution >= 4 is 0 Å². The van der Waals surface area contributed by atoms with Gasteiger partial charge in [0.05, 0.1) is 0 Å². The molecule has 2 heteroatoms. The first-order valence-corrected chi connectivity index (χ1v) is 9.36.